The Balaban J connectivity index is 0.000000921. The maximum Gasteiger partial charge on any atom is 0.123 e. The van der Waals surface area contributed by atoms with E-state index in [1.807, 2.05) is 27.0 Å². The Kier molecular flexibility index (Phi) is 7.05. The van der Waals surface area contributed by atoms with Gasteiger partial charge in [-0.25, -0.2) is 4.39 Å². The first-order valence-corrected chi connectivity index (χ1v) is 6.32. The van der Waals surface area contributed by atoms with Crippen molar-refractivity contribution in [1.82, 2.24) is 0 Å². The Hall–Kier alpha value is -0.830. The standard InChI is InChI=1S/C10H12FNS.C2H6/c1-3-7-6-8(11)4-5-9(7)10(12)13-2;1-2/h4-6,12H,3H2,1-2H3;1-2H3. The Morgan fingerprint density at radius 1 is 1.40 bits per heavy atom. The molecule has 3 heteroatoms. The summed E-state index contributed by atoms with van der Waals surface area (Å²) >= 11 is 1.37. The normalized spacial score (nSPS) is 9.13. The van der Waals surface area contributed by atoms with Crippen LogP contribution in [0.15, 0.2) is 18.2 Å². The lowest BCUT2D eigenvalue weighted by atomic mass is 10.1. The number of halogens is 1. The van der Waals surface area contributed by atoms with Crippen LogP contribution in [0.5, 0.6) is 0 Å². The van der Waals surface area contributed by atoms with Crippen LogP contribution in [-0.2, 0) is 6.42 Å². The molecule has 15 heavy (non-hydrogen) atoms. The van der Waals surface area contributed by atoms with E-state index in [4.69, 9.17) is 5.41 Å². The maximum atomic E-state index is 12.8. The number of rotatable bonds is 2. The van der Waals surface area contributed by atoms with E-state index in [1.54, 1.807) is 6.07 Å². The van der Waals surface area contributed by atoms with Gasteiger partial charge in [0.2, 0.25) is 0 Å². The smallest absolute Gasteiger partial charge is 0.123 e. The molecule has 0 fully saturated rings. The average Bonchev–Trinajstić information content (AvgIpc) is 2.30. The van der Waals surface area contributed by atoms with E-state index in [0.29, 0.717) is 5.04 Å². The fourth-order valence-corrected chi connectivity index (χ4v) is 1.61. The fourth-order valence-electron chi connectivity index (χ4n) is 1.19. The molecule has 1 nitrogen and oxygen atoms in total. The van der Waals surface area contributed by atoms with Crippen molar-refractivity contribution in [3.63, 3.8) is 0 Å². The number of nitrogens with one attached hydrogen (secondary N) is 1. The number of aryl methyl sites for hydroxylation is 1. The second-order valence-corrected chi connectivity index (χ2v) is 3.50. The molecule has 0 bridgehead atoms. The largest absolute Gasteiger partial charge is 0.293 e. The Labute approximate surface area is 95.6 Å². The van der Waals surface area contributed by atoms with E-state index < -0.39 is 0 Å². The summed E-state index contributed by atoms with van der Waals surface area (Å²) in [6.45, 7) is 5.96. The molecule has 0 aliphatic rings. The number of thioether (sulfide) groups is 1. The summed E-state index contributed by atoms with van der Waals surface area (Å²) in [6, 6.07) is 4.58. The van der Waals surface area contributed by atoms with Crippen LogP contribution in [0, 0.1) is 11.2 Å². The van der Waals surface area contributed by atoms with Crippen molar-refractivity contribution in [3.05, 3.63) is 35.1 Å². The van der Waals surface area contributed by atoms with Gasteiger partial charge in [-0.05, 0) is 36.4 Å². The molecule has 1 rings (SSSR count). The van der Waals surface area contributed by atoms with Crippen molar-refractivity contribution in [2.24, 2.45) is 0 Å². The minimum atomic E-state index is -0.227. The predicted octanol–water partition coefficient (Wildman–Crippen LogP) is 4.10. The van der Waals surface area contributed by atoms with Crippen molar-refractivity contribution in [2.45, 2.75) is 27.2 Å². The van der Waals surface area contributed by atoms with Gasteiger partial charge in [-0.15, -0.1) is 11.8 Å². The third-order valence-electron chi connectivity index (χ3n) is 1.90. The number of hydrogen-bond donors (Lipinski definition) is 1. The number of benzene rings is 1. The lowest BCUT2D eigenvalue weighted by Gasteiger charge is -2.06. The zero-order valence-electron chi connectivity index (χ0n) is 9.73. The Morgan fingerprint density at radius 3 is 2.47 bits per heavy atom. The SMILES string of the molecule is CC.CCc1cc(F)ccc1C(=N)SC. The highest BCUT2D eigenvalue weighted by Gasteiger charge is 2.06. The highest BCUT2D eigenvalue weighted by molar-refractivity contribution is 8.13. The van der Waals surface area contributed by atoms with Crippen LogP contribution < -0.4 is 0 Å². The van der Waals surface area contributed by atoms with E-state index >= 15 is 0 Å². The monoisotopic (exact) mass is 227 g/mol. The van der Waals surface area contributed by atoms with Gasteiger partial charge < -0.3 is 0 Å². The van der Waals surface area contributed by atoms with Gasteiger partial charge in [0.15, 0.2) is 0 Å². The van der Waals surface area contributed by atoms with Gasteiger partial charge in [-0.3, -0.25) is 5.41 Å². The zero-order valence-corrected chi connectivity index (χ0v) is 10.5. The van der Waals surface area contributed by atoms with Crippen LogP contribution in [0.25, 0.3) is 0 Å². The van der Waals surface area contributed by atoms with Crippen LogP contribution in [-0.4, -0.2) is 11.3 Å². The predicted molar refractivity (Wildman–Crippen MR) is 67.5 cm³/mol. The second-order valence-electron chi connectivity index (χ2n) is 2.69. The van der Waals surface area contributed by atoms with Gasteiger partial charge in [0.1, 0.15) is 5.82 Å². The summed E-state index contributed by atoms with van der Waals surface area (Å²) in [5.74, 6) is -0.227. The van der Waals surface area contributed by atoms with E-state index in [-0.39, 0.29) is 5.82 Å². The molecule has 0 aromatic heterocycles. The summed E-state index contributed by atoms with van der Waals surface area (Å²) in [6.07, 6.45) is 2.61. The molecule has 1 aromatic carbocycles. The molecule has 1 N–H and O–H groups in total. The quantitative estimate of drug-likeness (QED) is 0.597. The van der Waals surface area contributed by atoms with Crippen molar-refractivity contribution in [2.75, 3.05) is 6.26 Å². The average molecular weight is 227 g/mol. The van der Waals surface area contributed by atoms with Crippen LogP contribution >= 0.6 is 11.8 Å². The van der Waals surface area contributed by atoms with E-state index in [2.05, 4.69) is 0 Å². The Morgan fingerprint density at radius 2 is 2.00 bits per heavy atom. The van der Waals surface area contributed by atoms with E-state index in [1.165, 1.54) is 23.9 Å². The van der Waals surface area contributed by atoms with Crippen LogP contribution in [0.1, 0.15) is 31.9 Å². The minimum Gasteiger partial charge on any atom is -0.293 e. The van der Waals surface area contributed by atoms with E-state index in [0.717, 1.165) is 17.5 Å². The first kappa shape index (κ1) is 14.2. The zero-order chi connectivity index (χ0) is 11.8. The minimum absolute atomic E-state index is 0.227. The van der Waals surface area contributed by atoms with Gasteiger partial charge >= 0.3 is 0 Å². The Bertz CT molecular complexity index is 323. The second kappa shape index (κ2) is 7.46. The number of hydrogen-bond acceptors (Lipinski definition) is 2. The van der Waals surface area contributed by atoms with Gasteiger partial charge in [-0.2, -0.15) is 0 Å². The molecule has 0 amide bonds. The summed E-state index contributed by atoms with van der Waals surface area (Å²) in [7, 11) is 0. The van der Waals surface area contributed by atoms with Gasteiger partial charge in [0.25, 0.3) is 0 Å². The molecule has 0 atom stereocenters. The van der Waals surface area contributed by atoms with Gasteiger partial charge in [-0.1, -0.05) is 20.8 Å². The summed E-state index contributed by atoms with van der Waals surface area (Å²) in [5.41, 5.74) is 1.75. The van der Waals surface area contributed by atoms with Crippen molar-refractivity contribution >= 4 is 16.8 Å². The first-order valence-electron chi connectivity index (χ1n) is 5.10. The van der Waals surface area contributed by atoms with Crippen molar-refractivity contribution in [3.8, 4) is 0 Å². The third kappa shape index (κ3) is 4.04. The first-order chi connectivity index (χ1) is 7.19. The lowest BCUT2D eigenvalue weighted by Crippen LogP contribution is -1.99. The van der Waals surface area contributed by atoms with Crippen LogP contribution in [0.2, 0.25) is 0 Å². The molecule has 0 spiro atoms. The van der Waals surface area contributed by atoms with E-state index in [9.17, 15) is 4.39 Å². The van der Waals surface area contributed by atoms with Crippen molar-refractivity contribution < 1.29 is 4.39 Å². The van der Waals surface area contributed by atoms with Crippen LogP contribution in [0.3, 0.4) is 0 Å². The molecule has 0 radical (unpaired) electrons. The molecule has 0 unspecified atom stereocenters. The molecule has 0 heterocycles. The third-order valence-corrected chi connectivity index (χ3v) is 2.53. The highest BCUT2D eigenvalue weighted by atomic mass is 32.2. The highest BCUT2D eigenvalue weighted by Crippen LogP contribution is 2.16. The van der Waals surface area contributed by atoms with Crippen molar-refractivity contribution in [1.29, 1.82) is 5.41 Å². The van der Waals surface area contributed by atoms with Crippen LogP contribution in [0.4, 0.5) is 4.39 Å². The van der Waals surface area contributed by atoms with Gasteiger partial charge in [0.05, 0.1) is 5.04 Å². The maximum absolute atomic E-state index is 12.8. The molecular formula is C12H18FNS. The summed E-state index contributed by atoms with van der Waals surface area (Å²) in [4.78, 5) is 0. The molecular weight excluding hydrogens is 209 g/mol. The molecule has 0 aliphatic carbocycles. The summed E-state index contributed by atoms with van der Waals surface area (Å²) < 4.78 is 12.8. The van der Waals surface area contributed by atoms with Gasteiger partial charge in [0, 0.05) is 5.56 Å². The molecule has 0 aliphatic heterocycles. The molecule has 0 saturated heterocycles. The summed E-state index contributed by atoms with van der Waals surface area (Å²) in [5, 5.41) is 8.13. The lowest BCUT2D eigenvalue weighted by molar-refractivity contribution is 0.625. The fraction of sp³-hybridized carbons (Fsp3) is 0.417. The molecule has 1 aromatic rings. The molecule has 84 valence electrons. The molecule has 0 saturated carbocycles. The topological polar surface area (TPSA) is 23.9 Å².